The first kappa shape index (κ1) is 37.7. The molecule has 2 aromatic heterocycles. The van der Waals surface area contributed by atoms with Crippen LogP contribution in [0.2, 0.25) is 0 Å². The molecule has 1 saturated carbocycles. The van der Waals surface area contributed by atoms with E-state index >= 15 is 0 Å². The maximum Gasteiger partial charge on any atom is 0.407 e. The van der Waals surface area contributed by atoms with Gasteiger partial charge in [-0.05, 0) is 79.0 Å². The lowest BCUT2D eigenvalue weighted by molar-refractivity contribution is -0.135. The van der Waals surface area contributed by atoms with Crippen LogP contribution in [0.4, 0.5) is 9.59 Å². The number of H-pyrrole nitrogens is 2. The zero-order chi connectivity index (χ0) is 38.2. The first-order chi connectivity index (χ1) is 26.1. The fourth-order valence-electron chi connectivity index (χ4n) is 6.38. The number of rotatable bonds is 13. The van der Waals surface area contributed by atoms with E-state index in [1.165, 1.54) is 19.8 Å². The molecule has 54 heavy (non-hydrogen) atoms. The minimum Gasteiger partial charge on any atom is -0.453 e. The first-order valence-electron chi connectivity index (χ1n) is 18.2. The van der Waals surface area contributed by atoms with E-state index in [9.17, 15) is 19.2 Å². The number of imidazole rings is 2. The Morgan fingerprint density at radius 3 is 2.41 bits per heavy atom. The van der Waals surface area contributed by atoms with Crippen LogP contribution in [0.5, 0.6) is 0 Å². The highest BCUT2D eigenvalue weighted by atomic mass is 16.5. The van der Waals surface area contributed by atoms with Crippen molar-refractivity contribution in [2.75, 3.05) is 33.9 Å². The maximum atomic E-state index is 13.8. The number of amides is 4. The summed E-state index contributed by atoms with van der Waals surface area (Å²) in [6, 6.07) is 12.7. The quantitative estimate of drug-likeness (QED) is 0.0741. The van der Waals surface area contributed by atoms with Crippen molar-refractivity contribution in [1.29, 1.82) is 0 Å². The van der Waals surface area contributed by atoms with Gasteiger partial charge in [0, 0.05) is 30.6 Å². The number of carbonyl (C=O) groups excluding carboxylic acids is 4. The second-order valence-electron chi connectivity index (χ2n) is 13.9. The first-order valence-corrected chi connectivity index (χ1v) is 18.2. The van der Waals surface area contributed by atoms with Gasteiger partial charge in [0.25, 0.3) is 0 Å². The van der Waals surface area contributed by atoms with Crippen LogP contribution >= 0.6 is 0 Å². The Morgan fingerprint density at radius 1 is 0.944 bits per heavy atom. The number of ether oxygens (including phenoxy) is 2. The number of aromatic nitrogens is 4. The van der Waals surface area contributed by atoms with Crippen molar-refractivity contribution < 1.29 is 28.7 Å². The molecule has 2 aliphatic rings. The van der Waals surface area contributed by atoms with E-state index in [-0.39, 0.29) is 30.3 Å². The second-order valence-corrected chi connectivity index (χ2v) is 13.9. The van der Waals surface area contributed by atoms with Crippen LogP contribution in [0.1, 0.15) is 68.3 Å². The Morgan fingerprint density at radius 2 is 1.69 bits per heavy atom. The summed E-state index contributed by atoms with van der Waals surface area (Å²) in [5.74, 6) is 7.98. The molecule has 4 aromatic rings. The summed E-state index contributed by atoms with van der Waals surface area (Å²) in [4.78, 5) is 66.7. The zero-order valence-electron chi connectivity index (χ0n) is 31.0. The number of benzene rings is 2. The number of nitrogens with one attached hydrogen (secondary N) is 5. The topological polar surface area (TPSA) is 183 Å². The number of hydrogen-bond acceptors (Lipinski definition) is 8. The van der Waals surface area contributed by atoms with Gasteiger partial charge in [0.15, 0.2) is 0 Å². The molecule has 14 heteroatoms. The maximum absolute atomic E-state index is 13.8. The second kappa shape index (κ2) is 17.2. The number of carbonyl (C=O) groups is 4. The summed E-state index contributed by atoms with van der Waals surface area (Å²) in [7, 11) is 2.54. The van der Waals surface area contributed by atoms with Crippen LogP contribution in [0.15, 0.2) is 60.3 Å². The van der Waals surface area contributed by atoms with E-state index in [4.69, 9.17) is 9.72 Å². The Labute approximate surface area is 313 Å². The predicted octanol–water partition coefficient (Wildman–Crippen LogP) is 4.75. The molecule has 2 aromatic carbocycles. The lowest BCUT2D eigenvalue weighted by Gasteiger charge is -2.30. The van der Waals surface area contributed by atoms with E-state index in [1.807, 2.05) is 56.3 Å². The number of fused-ring (bicyclic) bond motifs is 1. The minimum absolute atomic E-state index is 0.122. The molecule has 4 amide bonds. The van der Waals surface area contributed by atoms with Gasteiger partial charge in [-0.25, -0.2) is 19.6 Å². The normalized spacial score (nSPS) is 15.6. The van der Waals surface area contributed by atoms with Gasteiger partial charge >= 0.3 is 12.2 Å². The minimum atomic E-state index is -0.719. The number of aryl methyl sites for hydroxylation is 1. The van der Waals surface area contributed by atoms with Crippen LogP contribution in [0, 0.1) is 23.7 Å². The average Bonchev–Trinajstić information content (AvgIpc) is 3.53. The van der Waals surface area contributed by atoms with Gasteiger partial charge < -0.3 is 40.3 Å². The van der Waals surface area contributed by atoms with Crippen molar-refractivity contribution in [3.63, 3.8) is 0 Å². The molecule has 2 unspecified atom stereocenters. The van der Waals surface area contributed by atoms with Crippen LogP contribution in [-0.2, 0) is 25.5 Å². The van der Waals surface area contributed by atoms with Gasteiger partial charge in [0.05, 0.1) is 43.7 Å². The average molecular weight is 735 g/mol. The molecule has 282 valence electrons. The number of hydrogen-bond donors (Lipinski definition) is 5. The predicted molar refractivity (Wildman–Crippen MR) is 202 cm³/mol. The number of nitrogens with zero attached hydrogens (tertiary/aromatic N) is 3. The molecule has 0 saturated heterocycles. The Bertz CT molecular complexity index is 2090. The monoisotopic (exact) mass is 734 g/mol. The van der Waals surface area contributed by atoms with Gasteiger partial charge in [0.1, 0.15) is 23.7 Å². The van der Waals surface area contributed by atoms with Gasteiger partial charge in [-0.2, -0.15) is 0 Å². The molecule has 2 atom stereocenters. The van der Waals surface area contributed by atoms with E-state index in [0.29, 0.717) is 24.8 Å². The van der Waals surface area contributed by atoms with Crippen molar-refractivity contribution >= 4 is 35.0 Å². The molecule has 3 heterocycles. The molecule has 1 aliphatic heterocycles. The highest BCUT2D eigenvalue weighted by Gasteiger charge is 2.41. The van der Waals surface area contributed by atoms with Crippen LogP contribution in [-0.4, -0.2) is 88.7 Å². The van der Waals surface area contributed by atoms with Crippen molar-refractivity contribution in [2.45, 2.75) is 58.0 Å². The Hall–Kier alpha value is -6.10. The fraction of sp³-hybridized carbons (Fsp3) is 0.400. The molecular formula is C40H46N8O6. The standard InChI is InChI=1S/C40H46N8O6/c1-24(2)36(47-40(52)54-4)38(50)48-23-29(27-15-16-27)20-33(48)37-42-21-32(46-37)28-13-10-25(11-14-28)8-9-26-12-17-30-31(19-26)45-34(44-30)7-5-6-18-41-35(49)22-43-39(51)53-3/h10-14,17,19-21,24,27,33,36H,5-7,15-16,18,22-23H2,1-4H3,(H,41,49)(H,42,46)(H,43,51)(H,44,45)(H,47,52). The summed E-state index contributed by atoms with van der Waals surface area (Å²) >= 11 is 0. The van der Waals surface area contributed by atoms with Crippen molar-refractivity contribution in [3.05, 3.63) is 83.1 Å². The highest BCUT2D eigenvalue weighted by Crippen LogP contribution is 2.43. The van der Waals surface area contributed by atoms with Gasteiger partial charge in [-0.3, -0.25) is 9.59 Å². The summed E-state index contributed by atoms with van der Waals surface area (Å²) < 4.78 is 9.24. The van der Waals surface area contributed by atoms with Crippen LogP contribution < -0.4 is 16.0 Å². The zero-order valence-corrected chi connectivity index (χ0v) is 31.0. The third-order valence-corrected chi connectivity index (χ3v) is 9.53. The van der Waals surface area contributed by atoms with Crippen molar-refractivity contribution in [3.8, 4) is 23.1 Å². The number of unbranched alkanes of at least 4 members (excludes halogenated alkanes) is 1. The summed E-state index contributed by atoms with van der Waals surface area (Å²) in [6.45, 7) is 4.70. The van der Waals surface area contributed by atoms with E-state index in [2.05, 4.69) is 53.6 Å². The van der Waals surface area contributed by atoms with E-state index in [1.54, 1.807) is 11.1 Å². The van der Waals surface area contributed by atoms with E-state index in [0.717, 1.165) is 71.3 Å². The smallest absolute Gasteiger partial charge is 0.407 e. The molecule has 1 aliphatic carbocycles. The van der Waals surface area contributed by atoms with Crippen LogP contribution in [0.3, 0.4) is 0 Å². The summed E-state index contributed by atoms with van der Waals surface area (Å²) in [5.41, 5.74) is 6.51. The van der Waals surface area contributed by atoms with Gasteiger partial charge in [-0.1, -0.05) is 43.9 Å². The number of methoxy groups -OCH3 is 2. The molecule has 6 rings (SSSR count). The van der Waals surface area contributed by atoms with E-state index < -0.39 is 18.2 Å². The number of alkyl carbamates (subject to hydrolysis) is 2. The van der Waals surface area contributed by atoms with Gasteiger partial charge in [-0.15, -0.1) is 0 Å². The molecular weight excluding hydrogens is 688 g/mol. The molecule has 0 spiro atoms. The lowest BCUT2D eigenvalue weighted by atomic mass is 10.0. The summed E-state index contributed by atoms with van der Waals surface area (Å²) in [5, 5.41) is 7.84. The largest absolute Gasteiger partial charge is 0.453 e. The SMILES string of the molecule is COC(=O)NCC(=O)NCCCCc1nc2ccc(C#Cc3ccc(-c4cnc(C5C=C(C6CC6)CN5C(=O)C(NC(=O)OC)C(C)C)[nH]4)cc3)cc2[nH]1. The number of aromatic amines is 2. The summed E-state index contributed by atoms with van der Waals surface area (Å²) in [6.07, 6.45) is 7.25. The Kier molecular flexibility index (Phi) is 12.0. The molecule has 0 radical (unpaired) electrons. The molecule has 1 fully saturated rings. The van der Waals surface area contributed by atoms with Gasteiger partial charge in [0.2, 0.25) is 11.8 Å². The van der Waals surface area contributed by atoms with Crippen molar-refractivity contribution in [2.24, 2.45) is 11.8 Å². The van der Waals surface area contributed by atoms with Crippen LogP contribution in [0.25, 0.3) is 22.3 Å². The molecule has 14 nitrogen and oxygen atoms in total. The third-order valence-electron chi connectivity index (χ3n) is 9.53. The van der Waals surface area contributed by atoms with Crippen molar-refractivity contribution in [1.82, 2.24) is 40.8 Å². The Balaban J connectivity index is 1.05. The molecule has 0 bridgehead atoms. The lowest BCUT2D eigenvalue weighted by Crippen LogP contribution is -2.51. The highest BCUT2D eigenvalue weighted by molar-refractivity contribution is 5.87. The molecule has 5 N–H and O–H groups in total. The third kappa shape index (κ3) is 9.46. The fourth-order valence-corrected chi connectivity index (χ4v) is 6.38.